The highest BCUT2D eigenvalue weighted by atomic mass is 28.3. The molecule has 0 saturated carbocycles. The van der Waals surface area contributed by atoms with Gasteiger partial charge in [-0.05, 0) is 141 Å². The van der Waals surface area contributed by atoms with Crippen molar-refractivity contribution in [2.24, 2.45) is 0 Å². The molecule has 0 atom stereocenters. The lowest BCUT2D eigenvalue weighted by molar-refractivity contribution is 1.14. The fourth-order valence-electron chi connectivity index (χ4n) is 11.7. The fraction of sp³-hybridized carbons (Fsp3) is 0.0606. The van der Waals surface area contributed by atoms with Crippen molar-refractivity contribution in [3.63, 3.8) is 0 Å². The first-order chi connectivity index (χ1) is 38.2. The molecule has 2 aliphatic heterocycles. The van der Waals surface area contributed by atoms with Gasteiger partial charge in [-0.1, -0.05) is 111 Å². The van der Waals surface area contributed by atoms with Gasteiger partial charge in [0, 0.05) is 93.6 Å². The van der Waals surface area contributed by atoms with E-state index in [-0.39, 0.29) is 0 Å². The average molecular weight is 1040 g/mol. The van der Waals surface area contributed by atoms with Crippen molar-refractivity contribution in [1.82, 2.24) is 39.9 Å². The molecule has 0 radical (unpaired) electrons. The highest BCUT2D eigenvalue weighted by Gasteiger charge is 2.40. The predicted molar refractivity (Wildman–Crippen MR) is 322 cm³/mol. The van der Waals surface area contributed by atoms with Crippen LogP contribution < -0.4 is 30.5 Å². The maximum atomic E-state index is 5.54. The molecule has 0 spiro atoms. The van der Waals surface area contributed by atoms with Gasteiger partial charge >= 0.3 is 0 Å². The van der Waals surface area contributed by atoms with Gasteiger partial charge in [-0.3, -0.25) is 19.9 Å². The SMILES string of the molecule is C[Si]1(C)c2ccccc2N(c2cc(-c3cc(-c4cccnc4)nc(-c4ccccn4)n3)c3cc(N4c5ccccc5[Si](C)(C)c5ccccc54)cc(-c4cc(-c5cccnc5)nc(-c5ccccn5)n4)c3c2)c2ccccc21. The van der Waals surface area contributed by atoms with E-state index in [1.807, 2.05) is 73.1 Å². The van der Waals surface area contributed by atoms with Crippen molar-refractivity contribution in [3.05, 3.63) is 231 Å². The van der Waals surface area contributed by atoms with Crippen LogP contribution in [0.5, 0.6) is 0 Å². The number of hydrogen-bond acceptors (Lipinski definition) is 10. The van der Waals surface area contributed by atoms with Gasteiger partial charge in [0.1, 0.15) is 27.5 Å². The Hall–Kier alpha value is -9.63. The second-order valence-electron chi connectivity index (χ2n) is 20.9. The second kappa shape index (κ2) is 18.6. The molecule has 0 fully saturated rings. The van der Waals surface area contributed by atoms with Crippen molar-refractivity contribution >= 4 is 81.8 Å². The third kappa shape index (κ3) is 7.83. The number of anilines is 6. The Morgan fingerprint density at radius 3 is 1.03 bits per heavy atom. The molecule has 14 rings (SSSR count). The summed E-state index contributed by atoms with van der Waals surface area (Å²) in [4.78, 5) is 45.1. The van der Waals surface area contributed by atoms with E-state index < -0.39 is 16.1 Å². The summed E-state index contributed by atoms with van der Waals surface area (Å²) >= 11 is 0. The monoisotopic (exact) mass is 1040 g/mol. The second-order valence-corrected chi connectivity index (χ2v) is 29.6. The minimum atomic E-state index is -2.17. The lowest BCUT2D eigenvalue weighted by Gasteiger charge is -2.41. The fourth-order valence-corrected chi connectivity index (χ4v) is 17.7. The van der Waals surface area contributed by atoms with E-state index in [1.54, 1.807) is 24.8 Å². The van der Waals surface area contributed by atoms with Crippen molar-refractivity contribution in [1.29, 1.82) is 0 Å². The van der Waals surface area contributed by atoms with E-state index in [4.69, 9.17) is 29.9 Å². The van der Waals surface area contributed by atoms with Gasteiger partial charge < -0.3 is 9.80 Å². The summed E-state index contributed by atoms with van der Waals surface area (Å²) in [5, 5.41) is 7.41. The van der Waals surface area contributed by atoms with Crippen molar-refractivity contribution in [2.45, 2.75) is 26.2 Å². The lowest BCUT2D eigenvalue weighted by atomic mass is 9.92. The summed E-state index contributed by atoms with van der Waals surface area (Å²) in [5.74, 6) is 1.01. The molecule has 0 amide bonds. The topological polar surface area (TPSA) is 110 Å². The van der Waals surface area contributed by atoms with E-state index in [1.165, 1.54) is 20.7 Å². The van der Waals surface area contributed by atoms with Crippen LogP contribution in [0, 0.1) is 0 Å². The standard InChI is InChI=1S/C66H50N10Si2/c1-77(2)61-27-9-5-23-57(61)75(58-24-6-10-28-62(58)77)45-35-47-48(49(37-45)55-39-53(43-19-17-31-67-41-43)71-65(73-55)51-21-13-15-33-69-51)36-46(76-59-25-7-11-29-63(59)78(3,4)64-30-12-8-26-60(64)76)38-50(47)56-40-54(44-20-18-32-68-42-44)72-66(74-56)52-22-14-16-34-70-52/h5-42H,1-4H3. The van der Waals surface area contributed by atoms with Crippen LogP contribution in [0.1, 0.15) is 0 Å². The molecule has 0 N–H and O–H groups in total. The zero-order valence-corrected chi connectivity index (χ0v) is 45.4. The molecule has 6 aromatic heterocycles. The summed E-state index contributed by atoms with van der Waals surface area (Å²) in [7, 11) is -4.34. The third-order valence-electron chi connectivity index (χ3n) is 15.5. The smallest absolute Gasteiger partial charge is 0.179 e. The number of aromatic nitrogens is 8. The maximum absolute atomic E-state index is 5.54. The van der Waals surface area contributed by atoms with Crippen LogP contribution in [-0.2, 0) is 0 Å². The summed E-state index contributed by atoms with van der Waals surface area (Å²) in [6.07, 6.45) is 10.9. The molecule has 12 heteroatoms. The normalized spacial score (nSPS) is 13.8. The van der Waals surface area contributed by atoms with E-state index in [2.05, 4.69) is 179 Å². The molecular weight excluding hydrogens is 989 g/mol. The number of para-hydroxylation sites is 4. The van der Waals surface area contributed by atoms with E-state index >= 15 is 0 Å². The van der Waals surface area contributed by atoms with Crippen LogP contribution in [0.25, 0.3) is 78.8 Å². The molecular formula is C66H50N10Si2. The van der Waals surface area contributed by atoms with E-state index in [0.29, 0.717) is 23.0 Å². The predicted octanol–water partition coefficient (Wildman–Crippen LogP) is 13.2. The quantitative estimate of drug-likeness (QED) is 0.136. The number of rotatable bonds is 8. The molecule has 0 aliphatic carbocycles. The van der Waals surface area contributed by atoms with Crippen LogP contribution in [0.4, 0.5) is 34.1 Å². The van der Waals surface area contributed by atoms with Crippen molar-refractivity contribution < 1.29 is 0 Å². The van der Waals surface area contributed by atoms with Gasteiger partial charge in [0.25, 0.3) is 0 Å². The Labute approximate surface area is 454 Å². The number of pyridine rings is 4. The molecule has 372 valence electrons. The summed E-state index contributed by atoms with van der Waals surface area (Å²) in [6.45, 7) is 9.84. The molecule has 0 unspecified atom stereocenters. The Morgan fingerprint density at radius 2 is 0.679 bits per heavy atom. The van der Waals surface area contributed by atoms with Gasteiger partial charge in [-0.25, -0.2) is 19.9 Å². The Balaban J connectivity index is 1.15. The highest BCUT2D eigenvalue weighted by molar-refractivity contribution is 7.03. The van der Waals surface area contributed by atoms with Crippen LogP contribution >= 0.6 is 0 Å². The van der Waals surface area contributed by atoms with Gasteiger partial charge in [0.2, 0.25) is 0 Å². The molecule has 12 aromatic rings. The molecule has 8 heterocycles. The van der Waals surface area contributed by atoms with Gasteiger partial charge in [0.15, 0.2) is 11.6 Å². The van der Waals surface area contributed by atoms with Crippen LogP contribution in [0.3, 0.4) is 0 Å². The summed E-state index contributed by atoms with van der Waals surface area (Å²) < 4.78 is 0. The Morgan fingerprint density at radius 1 is 0.321 bits per heavy atom. The first kappa shape index (κ1) is 46.9. The molecule has 78 heavy (non-hydrogen) atoms. The van der Waals surface area contributed by atoms with Crippen molar-refractivity contribution in [3.8, 4) is 68.1 Å². The molecule has 0 bridgehead atoms. The molecule has 2 aliphatic rings. The largest absolute Gasteiger partial charge is 0.311 e. The number of fused-ring (bicyclic) bond motifs is 5. The summed E-state index contributed by atoms with van der Waals surface area (Å²) in [5.41, 5.74) is 14.4. The highest BCUT2D eigenvalue weighted by Crippen LogP contribution is 2.48. The van der Waals surface area contributed by atoms with E-state index in [0.717, 1.165) is 89.9 Å². The number of benzene rings is 6. The van der Waals surface area contributed by atoms with Crippen LogP contribution in [0.2, 0.25) is 26.2 Å². The summed E-state index contributed by atoms with van der Waals surface area (Å²) in [6, 6.07) is 69.0. The Kier molecular flexibility index (Phi) is 11.2. The first-order valence-corrected chi connectivity index (χ1v) is 32.2. The van der Waals surface area contributed by atoms with Crippen LogP contribution in [-0.4, -0.2) is 56.0 Å². The molecule has 6 aromatic carbocycles. The molecule has 0 saturated heterocycles. The number of nitrogens with zero attached hydrogens (tertiary/aromatic N) is 10. The van der Waals surface area contributed by atoms with Crippen LogP contribution in [0.15, 0.2) is 231 Å². The molecule has 10 nitrogen and oxygen atoms in total. The minimum Gasteiger partial charge on any atom is -0.311 e. The van der Waals surface area contributed by atoms with Crippen molar-refractivity contribution in [2.75, 3.05) is 9.80 Å². The maximum Gasteiger partial charge on any atom is 0.179 e. The van der Waals surface area contributed by atoms with Gasteiger partial charge in [0.05, 0.1) is 22.8 Å². The zero-order chi connectivity index (χ0) is 52.5. The average Bonchev–Trinajstić information content (AvgIpc) is 3.69. The van der Waals surface area contributed by atoms with Gasteiger partial charge in [-0.15, -0.1) is 0 Å². The van der Waals surface area contributed by atoms with Gasteiger partial charge in [-0.2, -0.15) is 0 Å². The Bertz CT molecular complexity index is 3800. The lowest BCUT2D eigenvalue weighted by Crippen LogP contribution is -2.58. The third-order valence-corrected chi connectivity index (χ3v) is 22.6. The number of hydrogen-bond donors (Lipinski definition) is 0. The van der Waals surface area contributed by atoms with E-state index in [9.17, 15) is 0 Å². The first-order valence-electron chi connectivity index (χ1n) is 26.2. The minimum absolute atomic E-state index is 0.506. The zero-order valence-electron chi connectivity index (χ0n) is 43.4.